The van der Waals surface area contributed by atoms with E-state index in [0.29, 0.717) is 10.4 Å². The SMILES string of the molecule is CSc1cc(NC(=O)c2ccnn2C(F)F)ccn1. The lowest BCUT2D eigenvalue weighted by atomic mass is 10.3. The molecule has 0 atom stereocenters. The number of aromatic nitrogens is 3. The topological polar surface area (TPSA) is 59.8 Å². The van der Waals surface area contributed by atoms with Gasteiger partial charge in [0.15, 0.2) is 0 Å². The molecule has 0 saturated carbocycles. The third-order valence-corrected chi connectivity index (χ3v) is 2.93. The molecule has 0 fully saturated rings. The lowest BCUT2D eigenvalue weighted by Gasteiger charge is -2.07. The second-order valence-electron chi connectivity index (χ2n) is 3.48. The van der Waals surface area contributed by atoms with Gasteiger partial charge < -0.3 is 5.32 Å². The van der Waals surface area contributed by atoms with Gasteiger partial charge in [0.2, 0.25) is 0 Å². The van der Waals surface area contributed by atoms with Crippen molar-refractivity contribution in [3.05, 3.63) is 36.3 Å². The highest BCUT2D eigenvalue weighted by atomic mass is 32.2. The Kier molecular flexibility index (Phi) is 4.10. The quantitative estimate of drug-likeness (QED) is 0.877. The lowest BCUT2D eigenvalue weighted by Crippen LogP contribution is -2.18. The monoisotopic (exact) mass is 284 g/mol. The van der Waals surface area contributed by atoms with E-state index in [1.54, 1.807) is 12.1 Å². The molecule has 5 nitrogen and oxygen atoms in total. The molecule has 2 heterocycles. The Hall–Kier alpha value is -1.96. The van der Waals surface area contributed by atoms with Gasteiger partial charge in [-0.3, -0.25) is 4.79 Å². The molecule has 0 spiro atoms. The zero-order valence-electron chi connectivity index (χ0n) is 9.88. The molecule has 0 aliphatic carbocycles. The fourth-order valence-corrected chi connectivity index (χ4v) is 1.85. The molecule has 0 bridgehead atoms. The second kappa shape index (κ2) is 5.79. The summed E-state index contributed by atoms with van der Waals surface area (Å²) in [5.41, 5.74) is 0.295. The van der Waals surface area contributed by atoms with Crippen molar-refractivity contribution in [2.24, 2.45) is 0 Å². The highest BCUT2D eigenvalue weighted by Crippen LogP contribution is 2.18. The van der Waals surface area contributed by atoms with Crippen molar-refractivity contribution >= 4 is 23.4 Å². The van der Waals surface area contributed by atoms with Gasteiger partial charge in [0.05, 0.1) is 5.03 Å². The largest absolute Gasteiger partial charge is 0.333 e. The molecule has 0 aromatic carbocycles. The minimum Gasteiger partial charge on any atom is -0.321 e. The predicted octanol–water partition coefficient (Wildman–Crippen LogP) is 2.65. The number of halogens is 2. The van der Waals surface area contributed by atoms with Gasteiger partial charge >= 0.3 is 6.55 Å². The van der Waals surface area contributed by atoms with E-state index in [4.69, 9.17) is 0 Å². The second-order valence-corrected chi connectivity index (χ2v) is 4.31. The lowest BCUT2D eigenvalue weighted by molar-refractivity contribution is 0.0520. The van der Waals surface area contributed by atoms with Gasteiger partial charge in [0.1, 0.15) is 5.69 Å². The van der Waals surface area contributed by atoms with Crippen molar-refractivity contribution in [2.75, 3.05) is 11.6 Å². The summed E-state index contributed by atoms with van der Waals surface area (Å²) < 4.78 is 25.5. The maximum Gasteiger partial charge on any atom is 0.333 e. The first kappa shape index (κ1) is 13.5. The van der Waals surface area contributed by atoms with Crippen LogP contribution in [0.5, 0.6) is 0 Å². The minimum atomic E-state index is -2.85. The number of hydrogen-bond acceptors (Lipinski definition) is 4. The molecule has 1 N–H and O–H groups in total. The van der Waals surface area contributed by atoms with Gasteiger partial charge in [-0.05, 0) is 24.5 Å². The Labute approximate surface area is 112 Å². The number of nitrogens with zero attached hydrogens (tertiary/aromatic N) is 3. The first-order chi connectivity index (χ1) is 9.11. The average molecular weight is 284 g/mol. The minimum absolute atomic E-state index is 0.197. The molecule has 0 aliphatic heterocycles. The van der Waals surface area contributed by atoms with Gasteiger partial charge in [-0.1, -0.05) is 0 Å². The van der Waals surface area contributed by atoms with Crippen molar-refractivity contribution in [3.63, 3.8) is 0 Å². The van der Waals surface area contributed by atoms with Crippen LogP contribution in [0.25, 0.3) is 0 Å². The van der Waals surface area contributed by atoms with E-state index >= 15 is 0 Å². The number of thioether (sulfide) groups is 1. The van der Waals surface area contributed by atoms with Crippen LogP contribution in [0.1, 0.15) is 17.0 Å². The summed E-state index contributed by atoms with van der Waals surface area (Å²) in [4.78, 5) is 15.9. The van der Waals surface area contributed by atoms with Crippen LogP contribution in [-0.2, 0) is 0 Å². The fraction of sp³-hybridized carbons (Fsp3) is 0.182. The Bertz CT molecular complexity index is 588. The molecule has 0 saturated heterocycles. The van der Waals surface area contributed by atoms with Crippen molar-refractivity contribution in [1.29, 1.82) is 0 Å². The van der Waals surface area contributed by atoms with Crippen LogP contribution in [0.4, 0.5) is 14.5 Å². The summed E-state index contributed by atoms with van der Waals surface area (Å²) in [5.74, 6) is -0.643. The molecule has 100 valence electrons. The predicted molar refractivity (Wildman–Crippen MR) is 67.5 cm³/mol. The van der Waals surface area contributed by atoms with Crippen molar-refractivity contribution in [3.8, 4) is 0 Å². The number of amides is 1. The molecule has 2 aromatic heterocycles. The Morgan fingerprint density at radius 2 is 2.21 bits per heavy atom. The highest BCUT2D eigenvalue weighted by molar-refractivity contribution is 7.98. The van der Waals surface area contributed by atoms with E-state index in [1.807, 2.05) is 6.26 Å². The van der Waals surface area contributed by atoms with E-state index in [2.05, 4.69) is 15.4 Å². The highest BCUT2D eigenvalue weighted by Gasteiger charge is 2.17. The van der Waals surface area contributed by atoms with Crippen LogP contribution in [0, 0.1) is 0 Å². The van der Waals surface area contributed by atoms with E-state index in [0.717, 1.165) is 11.2 Å². The molecule has 8 heteroatoms. The number of rotatable bonds is 4. The molecule has 0 aliphatic rings. The summed E-state index contributed by atoms with van der Waals surface area (Å²) in [6.45, 7) is -2.85. The van der Waals surface area contributed by atoms with Crippen LogP contribution < -0.4 is 5.32 Å². The summed E-state index contributed by atoms with van der Waals surface area (Å²) >= 11 is 1.42. The third-order valence-electron chi connectivity index (χ3n) is 2.29. The number of carbonyl (C=O) groups is 1. The molecule has 2 aromatic rings. The Balaban J connectivity index is 2.18. The summed E-state index contributed by atoms with van der Waals surface area (Å²) in [6, 6.07) is 4.48. The molecular weight excluding hydrogens is 274 g/mol. The number of alkyl halides is 2. The van der Waals surface area contributed by atoms with Gasteiger partial charge in [-0.25, -0.2) is 4.98 Å². The van der Waals surface area contributed by atoms with Gasteiger partial charge in [-0.2, -0.15) is 18.6 Å². The number of carbonyl (C=O) groups excluding carboxylic acids is 1. The van der Waals surface area contributed by atoms with Crippen LogP contribution in [-0.4, -0.2) is 26.9 Å². The number of anilines is 1. The maximum absolute atomic E-state index is 12.6. The first-order valence-corrected chi connectivity index (χ1v) is 6.47. The first-order valence-electron chi connectivity index (χ1n) is 5.25. The number of pyridine rings is 1. The van der Waals surface area contributed by atoms with E-state index < -0.39 is 12.5 Å². The zero-order chi connectivity index (χ0) is 13.8. The molecule has 0 radical (unpaired) electrons. The standard InChI is InChI=1S/C11H10F2N4OS/c1-19-9-6-7(2-4-14-9)16-10(18)8-3-5-15-17(8)11(12)13/h2-6,11H,1H3,(H,14,16,18). The molecule has 1 amide bonds. The zero-order valence-corrected chi connectivity index (χ0v) is 10.7. The smallest absolute Gasteiger partial charge is 0.321 e. The van der Waals surface area contributed by atoms with E-state index in [-0.39, 0.29) is 5.69 Å². The van der Waals surface area contributed by atoms with Gasteiger partial charge in [-0.15, -0.1) is 11.8 Å². The number of nitrogens with one attached hydrogen (secondary N) is 1. The molecular formula is C11H10F2N4OS. The average Bonchev–Trinajstić information content (AvgIpc) is 2.88. The third kappa shape index (κ3) is 3.08. The van der Waals surface area contributed by atoms with Crippen molar-refractivity contribution < 1.29 is 13.6 Å². The van der Waals surface area contributed by atoms with Crippen LogP contribution in [0.3, 0.4) is 0 Å². The number of hydrogen-bond donors (Lipinski definition) is 1. The van der Waals surface area contributed by atoms with Crippen LogP contribution in [0.15, 0.2) is 35.6 Å². The Morgan fingerprint density at radius 1 is 1.42 bits per heavy atom. The van der Waals surface area contributed by atoms with Crippen molar-refractivity contribution in [1.82, 2.24) is 14.8 Å². The normalized spacial score (nSPS) is 10.7. The summed E-state index contributed by atoms with van der Waals surface area (Å²) in [6.07, 6.45) is 4.53. The van der Waals surface area contributed by atoms with E-state index in [1.165, 1.54) is 24.0 Å². The van der Waals surface area contributed by atoms with Crippen LogP contribution in [0.2, 0.25) is 0 Å². The van der Waals surface area contributed by atoms with Gasteiger partial charge in [0, 0.05) is 18.1 Å². The fourth-order valence-electron chi connectivity index (χ4n) is 1.44. The van der Waals surface area contributed by atoms with Gasteiger partial charge in [0.25, 0.3) is 5.91 Å². The molecule has 2 rings (SSSR count). The van der Waals surface area contributed by atoms with E-state index in [9.17, 15) is 13.6 Å². The van der Waals surface area contributed by atoms with Crippen molar-refractivity contribution in [2.45, 2.75) is 11.6 Å². The summed E-state index contributed by atoms with van der Waals surface area (Å²) in [7, 11) is 0. The van der Waals surface area contributed by atoms with Crippen LogP contribution >= 0.6 is 11.8 Å². The maximum atomic E-state index is 12.6. The molecule has 19 heavy (non-hydrogen) atoms. The Morgan fingerprint density at radius 3 is 2.89 bits per heavy atom. The summed E-state index contributed by atoms with van der Waals surface area (Å²) in [5, 5.41) is 6.65. The molecule has 0 unspecified atom stereocenters.